The summed E-state index contributed by atoms with van der Waals surface area (Å²) in [5, 5.41) is 34.5. The largest absolute Gasteiger partial charge is 0.462 e. The Morgan fingerprint density at radius 2 is 1.63 bits per heavy atom. The van der Waals surface area contributed by atoms with Gasteiger partial charge in [-0.15, -0.1) is 0 Å². The number of nitrogens with zero attached hydrogens (tertiary/aromatic N) is 1. The van der Waals surface area contributed by atoms with Gasteiger partial charge in [0.2, 0.25) is 0 Å². The SMILES string of the molecule is CCC(=O)O[C@@H]1CC(=O)O[C@H](C)C/C=C\C=C\[C@H](O)[C@H](C)C[C@H](CC=O)[C@H](O[C@@H]2O[C@H](C)[C@@H](O[C@H]3C[C@@](C)(O)[C@@H](OC(=O)CC)[C@H](C)O3)[C@H](N(C)C)[C@H]2O)[C@H]1OC. The molecule has 3 rings (SSSR count). The van der Waals surface area contributed by atoms with Gasteiger partial charge in [-0.3, -0.25) is 14.4 Å². The molecule has 3 N–H and O–H groups in total. The molecule has 0 radical (unpaired) electrons. The minimum Gasteiger partial charge on any atom is -0.462 e. The van der Waals surface area contributed by atoms with Crippen LogP contribution in [0.2, 0.25) is 0 Å². The molecule has 0 aromatic carbocycles. The third-order valence-corrected chi connectivity index (χ3v) is 10.9. The van der Waals surface area contributed by atoms with Gasteiger partial charge in [0.15, 0.2) is 18.7 Å². The van der Waals surface area contributed by atoms with Crippen LogP contribution >= 0.6 is 0 Å². The summed E-state index contributed by atoms with van der Waals surface area (Å²) < 4.78 is 48.5. The maximum atomic E-state index is 13.3. The van der Waals surface area contributed by atoms with E-state index in [1.165, 1.54) is 7.11 Å². The topological polar surface area (TPSA) is 206 Å². The van der Waals surface area contributed by atoms with E-state index in [2.05, 4.69) is 0 Å². The van der Waals surface area contributed by atoms with Gasteiger partial charge < -0.3 is 62.9 Å². The number of allylic oxidation sites excluding steroid dienone is 2. The molecule has 16 nitrogen and oxygen atoms in total. The van der Waals surface area contributed by atoms with E-state index in [0.717, 1.165) is 0 Å². The average molecular weight is 814 g/mol. The number of rotatable bonds is 12. The monoisotopic (exact) mass is 813 g/mol. The number of hydrogen-bond donors (Lipinski definition) is 3. The third kappa shape index (κ3) is 13.6. The summed E-state index contributed by atoms with van der Waals surface area (Å²) in [7, 11) is 4.86. The minimum atomic E-state index is -1.49. The van der Waals surface area contributed by atoms with E-state index >= 15 is 0 Å². The van der Waals surface area contributed by atoms with Crippen molar-refractivity contribution < 1.29 is 72.4 Å². The molecular weight excluding hydrogens is 746 g/mol. The van der Waals surface area contributed by atoms with Gasteiger partial charge in [-0.25, -0.2) is 0 Å². The van der Waals surface area contributed by atoms with Gasteiger partial charge >= 0.3 is 17.9 Å². The summed E-state index contributed by atoms with van der Waals surface area (Å²) in [5.41, 5.74) is -1.49. The van der Waals surface area contributed by atoms with Gasteiger partial charge in [0.05, 0.1) is 36.9 Å². The first-order valence-electron chi connectivity index (χ1n) is 20.1. The van der Waals surface area contributed by atoms with Crippen LogP contribution < -0.4 is 0 Å². The summed E-state index contributed by atoms with van der Waals surface area (Å²) in [6, 6.07) is -0.779. The molecule has 2 saturated heterocycles. The van der Waals surface area contributed by atoms with Gasteiger partial charge in [-0.2, -0.15) is 0 Å². The number of ether oxygens (including phenoxy) is 8. The Bertz CT molecular complexity index is 1350. The van der Waals surface area contributed by atoms with Crippen molar-refractivity contribution in [2.75, 3.05) is 21.2 Å². The molecule has 0 bridgehead atoms. The molecule has 326 valence electrons. The fourth-order valence-electron chi connectivity index (χ4n) is 7.82. The van der Waals surface area contributed by atoms with Crippen LogP contribution in [0, 0.1) is 11.8 Å². The van der Waals surface area contributed by atoms with E-state index in [9.17, 15) is 34.5 Å². The van der Waals surface area contributed by atoms with Crippen molar-refractivity contribution in [3.63, 3.8) is 0 Å². The van der Waals surface area contributed by atoms with Crippen molar-refractivity contribution in [2.45, 2.75) is 179 Å². The summed E-state index contributed by atoms with van der Waals surface area (Å²) in [6.07, 6.45) is -4.08. The molecule has 0 amide bonds. The van der Waals surface area contributed by atoms with Gasteiger partial charge in [0.1, 0.15) is 42.4 Å². The fourth-order valence-corrected chi connectivity index (χ4v) is 7.82. The average Bonchev–Trinajstić information content (AvgIpc) is 3.13. The Labute approximate surface area is 337 Å². The summed E-state index contributed by atoms with van der Waals surface area (Å²) in [5.74, 6) is -2.82. The van der Waals surface area contributed by atoms with Gasteiger partial charge in [0, 0.05) is 39.2 Å². The number of methoxy groups -OCH3 is 1. The first-order valence-corrected chi connectivity index (χ1v) is 20.1. The zero-order valence-corrected chi connectivity index (χ0v) is 35.2. The number of carbonyl (C=O) groups is 4. The summed E-state index contributed by atoms with van der Waals surface area (Å²) >= 11 is 0. The minimum absolute atomic E-state index is 0.000633. The van der Waals surface area contributed by atoms with Crippen molar-refractivity contribution >= 4 is 24.2 Å². The van der Waals surface area contributed by atoms with Gasteiger partial charge in [0.25, 0.3) is 0 Å². The molecular formula is C41H67NO15. The summed E-state index contributed by atoms with van der Waals surface area (Å²) in [6.45, 7) is 11.8. The normalized spacial score (nSPS) is 41.1. The molecule has 16 heteroatoms. The van der Waals surface area contributed by atoms with Crippen LogP contribution in [0.25, 0.3) is 0 Å². The second-order valence-corrected chi connectivity index (χ2v) is 16.0. The standard InChI is InChI=1S/C41H67NO15/c1-11-30(45)54-29-21-32(47)51-24(4)16-14-13-15-17-28(44)23(3)20-27(18-19-43)37(38(29)50-10)57-40-35(48)34(42(8)9)36(25(5)53-40)56-33-22-41(7,49)39(26(6)52-33)55-31(46)12-2/h13-15,17,19,23-29,33-40,44,48-49H,11-12,16,18,20-22H2,1-10H3/b14-13-,17-15+/t23-,24-,25-,26+,27+,28+,29-,33+,34-,35-,36-,37+,38+,39+,40+,41-/m1/s1. The highest BCUT2D eigenvalue weighted by Gasteiger charge is 2.53. The lowest BCUT2D eigenvalue weighted by Crippen LogP contribution is -2.66. The lowest BCUT2D eigenvalue weighted by Gasteiger charge is -2.50. The first-order chi connectivity index (χ1) is 26.9. The van der Waals surface area contributed by atoms with Gasteiger partial charge in [-0.05, 0) is 60.0 Å². The molecule has 0 unspecified atom stereocenters. The maximum Gasteiger partial charge on any atom is 0.309 e. The number of likely N-dealkylation sites (N-methyl/N-ethyl adjacent to an activating group) is 1. The fraction of sp³-hybridized carbons (Fsp3) is 0.805. The molecule has 3 heterocycles. The number of aldehydes is 1. The molecule has 3 aliphatic rings. The molecule has 0 spiro atoms. The van der Waals surface area contributed by atoms with Crippen LogP contribution in [0.5, 0.6) is 0 Å². The molecule has 0 aromatic rings. The van der Waals surface area contributed by atoms with E-state index in [-0.39, 0.29) is 32.1 Å². The van der Waals surface area contributed by atoms with E-state index < -0.39 is 121 Å². The zero-order chi connectivity index (χ0) is 42.6. The van der Waals surface area contributed by atoms with Crippen LogP contribution in [-0.2, 0) is 57.1 Å². The van der Waals surface area contributed by atoms with E-state index in [1.54, 1.807) is 78.8 Å². The number of aliphatic hydroxyl groups is 3. The molecule has 0 saturated carbocycles. The maximum absolute atomic E-state index is 13.3. The number of cyclic esters (lactones) is 1. The molecule has 0 aliphatic carbocycles. The Morgan fingerprint density at radius 3 is 2.23 bits per heavy atom. The molecule has 2 fully saturated rings. The Morgan fingerprint density at radius 1 is 0.965 bits per heavy atom. The highest BCUT2D eigenvalue weighted by atomic mass is 16.7. The van der Waals surface area contributed by atoms with E-state index in [1.807, 2.05) is 13.0 Å². The molecule has 3 aliphatic heterocycles. The number of carbonyl (C=O) groups excluding carboxylic acids is 4. The Hall–Kier alpha value is -2.80. The zero-order valence-electron chi connectivity index (χ0n) is 35.2. The van der Waals surface area contributed by atoms with Crippen molar-refractivity contribution in [3.8, 4) is 0 Å². The van der Waals surface area contributed by atoms with E-state index in [0.29, 0.717) is 12.7 Å². The van der Waals surface area contributed by atoms with Crippen LogP contribution in [0.1, 0.15) is 93.4 Å². The third-order valence-electron chi connectivity index (χ3n) is 10.9. The van der Waals surface area contributed by atoms with Crippen molar-refractivity contribution in [3.05, 3.63) is 24.3 Å². The van der Waals surface area contributed by atoms with Crippen LogP contribution in [0.3, 0.4) is 0 Å². The lowest BCUT2D eigenvalue weighted by atomic mass is 9.82. The number of esters is 3. The predicted octanol–water partition coefficient (Wildman–Crippen LogP) is 2.77. The molecule has 0 aromatic heterocycles. The van der Waals surface area contributed by atoms with Crippen LogP contribution in [-0.4, -0.2) is 151 Å². The van der Waals surface area contributed by atoms with Crippen LogP contribution in [0.4, 0.5) is 0 Å². The highest BCUT2D eigenvalue weighted by Crippen LogP contribution is 2.37. The highest BCUT2D eigenvalue weighted by molar-refractivity contribution is 5.72. The molecule has 16 atom stereocenters. The Balaban J connectivity index is 2.01. The lowest BCUT2D eigenvalue weighted by molar-refractivity contribution is -0.344. The quantitative estimate of drug-likeness (QED) is 0.147. The number of hydrogen-bond acceptors (Lipinski definition) is 16. The number of aliphatic hydroxyl groups excluding tert-OH is 2. The van der Waals surface area contributed by atoms with Gasteiger partial charge in [-0.1, -0.05) is 45.1 Å². The second kappa shape index (κ2) is 22.5. The van der Waals surface area contributed by atoms with Crippen LogP contribution in [0.15, 0.2) is 24.3 Å². The first kappa shape index (κ1) is 48.6. The molecule has 57 heavy (non-hydrogen) atoms. The predicted molar refractivity (Wildman–Crippen MR) is 205 cm³/mol. The van der Waals surface area contributed by atoms with Crippen molar-refractivity contribution in [1.29, 1.82) is 0 Å². The summed E-state index contributed by atoms with van der Waals surface area (Å²) in [4.78, 5) is 52.3. The van der Waals surface area contributed by atoms with Crippen molar-refractivity contribution in [1.82, 2.24) is 4.90 Å². The Kier molecular flexibility index (Phi) is 19.2. The van der Waals surface area contributed by atoms with Crippen molar-refractivity contribution in [2.24, 2.45) is 11.8 Å². The smallest absolute Gasteiger partial charge is 0.309 e. The second-order valence-electron chi connectivity index (χ2n) is 16.0. The van der Waals surface area contributed by atoms with E-state index in [4.69, 9.17) is 37.9 Å².